The highest BCUT2D eigenvalue weighted by Gasteiger charge is 2.59. The molecule has 1 heterocycles. The van der Waals surface area contributed by atoms with E-state index < -0.39 is 0 Å². The van der Waals surface area contributed by atoms with Crippen molar-refractivity contribution in [1.29, 1.82) is 0 Å². The van der Waals surface area contributed by atoms with Gasteiger partial charge in [0.2, 0.25) is 0 Å². The lowest BCUT2D eigenvalue weighted by molar-refractivity contribution is -0.168. The molecule has 2 aliphatic rings. The Morgan fingerprint density at radius 1 is 1.33 bits per heavy atom. The quantitative estimate of drug-likeness (QED) is 0.218. The summed E-state index contributed by atoms with van der Waals surface area (Å²) in [6, 6.07) is 0.339. The van der Waals surface area contributed by atoms with Crippen LogP contribution < -0.4 is 10.6 Å². The molecule has 3 rings (SSSR count). The zero-order valence-corrected chi connectivity index (χ0v) is 21.8. The second-order valence-electron chi connectivity index (χ2n) is 7.84. The Bertz CT molecular complexity index is 751. The Balaban J connectivity index is 0.00000320. The van der Waals surface area contributed by atoms with Gasteiger partial charge in [0.25, 0.3) is 0 Å². The van der Waals surface area contributed by atoms with Gasteiger partial charge in [-0.25, -0.2) is 9.78 Å². The number of rotatable bonds is 8. The van der Waals surface area contributed by atoms with Crippen molar-refractivity contribution >= 4 is 47.2 Å². The van der Waals surface area contributed by atoms with E-state index in [-0.39, 0.29) is 41.4 Å². The largest absolute Gasteiger partial charge is 0.462 e. The number of nitrogens with zero attached hydrogens (tertiary/aromatic N) is 2. The maximum absolute atomic E-state index is 12.1. The summed E-state index contributed by atoms with van der Waals surface area (Å²) in [4.78, 5) is 21.9. The average molecular weight is 551 g/mol. The number of aryl methyl sites for hydroxylation is 1. The van der Waals surface area contributed by atoms with Crippen LogP contribution in [0.4, 0.5) is 0 Å². The molecule has 0 aliphatic heterocycles. The van der Waals surface area contributed by atoms with Gasteiger partial charge in [0.15, 0.2) is 5.96 Å². The summed E-state index contributed by atoms with van der Waals surface area (Å²) >= 11 is 1.39. The van der Waals surface area contributed by atoms with Gasteiger partial charge in [0.1, 0.15) is 9.88 Å². The molecule has 3 unspecified atom stereocenters. The van der Waals surface area contributed by atoms with Crippen LogP contribution in [0.15, 0.2) is 4.99 Å². The third kappa shape index (κ3) is 5.09. The molecule has 2 N–H and O–H groups in total. The molecule has 170 valence electrons. The second-order valence-corrected chi connectivity index (χ2v) is 8.87. The number of ether oxygens (including phenoxy) is 2. The number of esters is 1. The summed E-state index contributed by atoms with van der Waals surface area (Å²) in [6.07, 6.45) is 5.11. The van der Waals surface area contributed by atoms with Crippen LogP contribution in [0.3, 0.4) is 0 Å². The highest BCUT2D eigenvalue weighted by atomic mass is 127. The van der Waals surface area contributed by atoms with Crippen molar-refractivity contribution in [3.8, 4) is 0 Å². The molecular formula is C21H35IN4O3S. The van der Waals surface area contributed by atoms with Crippen LogP contribution in [0.5, 0.6) is 0 Å². The van der Waals surface area contributed by atoms with Crippen LogP contribution in [0.2, 0.25) is 0 Å². The lowest BCUT2D eigenvalue weighted by Gasteiger charge is -2.61. The number of aliphatic imine (C=N–C) groups is 1. The topological polar surface area (TPSA) is 84.8 Å². The van der Waals surface area contributed by atoms with E-state index in [0.29, 0.717) is 35.9 Å². The smallest absolute Gasteiger partial charge is 0.350 e. The second kappa shape index (κ2) is 11.1. The minimum atomic E-state index is -0.301. The Morgan fingerprint density at radius 2 is 2.07 bits per heavy atom. The van der Waals surface area contributed by atoms with E-state index in [1.807, 2.05) is 27.7 Å². The minimum Gasteiger partial charge on any atom is -0.462 e. The maximum Gasteiger partial charge on any atom is 0.350 e. The van der Waals surface area contributed by atoms with Gasteiger partial charge in [-0.3, -0.25) is 4.99 Å². The SMILES string of the molecule is CCN=C(NC(C)c1nc(C)c(C(=O)OCC)s1)NC1CC(OCC)C12CCC2.I. The van der Waals surface area contributed by atoms with Crippen molar-refractivity contribution in [1.82, 2.24) is 15.6 Å². The molecule has 2 aliphatic carbocycles. The Kier molecular flexibility index (Phi) is 9.35. The minimum absolute atomic E-state index is 0. The molecule has 1 aromatic heterocycles. The fraction of sp³-hybridized carbons (Fsp3) is 0.762. The number of hydrogen-bond acceptors (Lipinski definition) is 6. The number of thiazole rings is 1. The average Bonchev–Trinajstić information content (AvgIpc) is 3.01. The van der Waals surface area contributed by atoms with Crippen molar-refractivity contribution in [3.63, 3.8) is 0 Å². The molecule has 0 bridgehead atoms. The van der Waals surface area contributed by atoms with E-state index in [9.17, 15) is 4.79 Å². The van der Waals surface area contributed by atoms with E-state index >= 15 is 0 Å². The third-order valence-electron chi connectivity index (χ3n) is 6.06. The van der Waals surface area contributed by atoms with Gasteiger partial charge in [-0.1, -0.05) is 6.42 Å². The van der Waals surface area contributed by atoms with Crippen molar-refractivity contribution in [2.24, 2.45) is 10.4 Å². The Hall–Kier alpha value is -0.940. The summed E-state index contributed by atoms with van der Waals surface area (Å²) < 4.78 is 11.1. The first kappa shape index (κ1) is 25.3. The van der Waals surface area contributed by atoms with Gasteiger partial charge < -0.3 is 20.1 Å². The molecule has 2 saturated carbocycles. The van der Waals surface area contributed by atoms with E-state index in [1.165, 1.54) is 30.6 Å². The zero-order chi connectivity index (χ0) is 21.0. The van der Waals surface area contributed by atoms with Crippen molar-refractivity contribution < 1.29 is 14.3 Å². The first-order valence-electron chi connectivity index (χ1n) is 10.8. The van der Waals surface area contributed by atoms with Crippen LogP contribution in [-0.4, -0.2) is 48.8 Å². The van der Waals surface area contributed by atoms with Crippen LogP contribution in [-0.2, 0) is 9.47 Å². The molecule has 1 aromatic rings. The Morgan fingerprint density at radius 3 is 2.63 bits per heavy atom. The maximum atomic E-state index is 12.1. The predicted molar refractivity (Wildman–Crippen MR) is 131 cm³/mol. The van der Waals surface area contributed by atoms with Gasteiger partial charge >= 0.3 is 5.97 Å². The molecule has 0 saturated heterocycles. The number of hydrogen-bond donors (Lipinski definition) is 2. The lowest BCUT2D eigenvalue weighted by Crippen LogP contribution is -2.68. The van der Waals surface area contributed by atoms with Crippen LogP contribution in [0, 0.1) is 12.3 Å². The first-order valence-corrected chi connectivity index (χ1v) is 11.6. The summed E-state index contributed by atoms with van der Waals surface area (Å²) in [5, 5.41) is 7.97. The van der Waals surface area contributed by atoms with E-state index in [1.54, 1.807) is 0 Å². The zero-order valence-electron chi connectivity index (χ0n) is 18.6. The molecule has 0 aromatic carbocycles. The molecule has 9 heteroatoms. The van der Waals surface area contributed by atoms with Gasteiger partial charge in [-0.05, 0) is 53.9 Å². The van der Waals surface area contributed by atoms with Crippen molar-refractivity contribution in [2.45, 2.75) is 78.5 Å². The van der Waals surface area contributed by atoms with Gasteiger partial charge in [0, 0.05) is 24.6 Å². The predicted octanol–water partition coefficient (Wildman–Crippen LogP) is 4.21. The summed E-state index contributed by atoms with van der Waals surface area (Å²) in [6.45, 7) is 11.6. The number of halogens is 1. The van der Waals surface area contributed by atoms with Gasteiger partial charge in [-0.15, -0.1) is 35.3 Å². The number of aromatic nitrogens is 1. The monoisotopic (exact) mass is 550 g/mol. The lowest BCUT2D eigenvalue weighted by atomic mass is 9.51. The normalized spacial score (nSPS) is 23.0. The number of carbonyl (C=O) groups is 1. The summed E-state index contributed by atoms with van der Waals surface area (Å²) in [7, 11) is 0. The van der Waals surface area contributed by atoms with Gasteiger partial charge in [0.05, 0.1) is 24.4 Å². The van der Waals surface area contributed by atoms with Crippen LogP contribution >= 0.6 is 35.3 Å². The molecule has 30 heavy (non-hydrogen) atoms. The highest BCUT2D eigenvalue weighted by molar-refractivity contribution is 14.0. The van der Waals surface area contributed by atoms with Crippen molar-refractivity contribution in [2.75, 3.05) is 19.8 Å². The summed E-state index contributed by atoms with van der Waals surface area (Å²) in [5.74, 6) is 0.502. The van der Waals surface area contributed by atoms with Crippen LogP contribution in [0.25, 0.3) is 0 Å². The molecule has 0 amide bonds. The standard InChI is InChI=1S/C21H34N4O3S.HI/c1-6-22-20(25-15-12-16(27-7-2)21(15)10-9-11-21)24-14(5)18-23-13(4)17(29-18)19(26)28-8-3;/h14-16H,6-12H2,1-5H3,(H2,22,24,25);1H. The first-order chi connectivity index (χ1) is 13.9. The number of carbonyl (C=O) groups excluding carboxylic acids is 1. The third-order valence-corrected chi connectivity index (χ3v) is 7.38. The summed E-state index contributed by atoms with van der Waals surface area (Å²) in [5.41, 5.74) is 0.982. The van der Waals surface area contributed by atoms with Crippen LogP contribution in [0.1, 0.15) is 79.8 Å². The van der Waals surface area contributed by atoms with E-state index in [4.69, 9.17) is 9.47 Å². The van der Waals surface area contributed by atoms with E-state index in [0.717, 1.165) is 24.0 Å². The Labute approximate surface area is 200 Å². The highest BCUT2D eigenvalue weighted by Crippen LogP contribution is 2.57. The van der Waals surface area contributed by atoms with E-state index in [2.05, 4.69) is 27.5 Å². The molecule has 1 spiro atoms. The fourth-order valence-corrected chi connectivity index (χ4v) is 5.32. The molecule has 0 radical (unpaired) electrons. The number of nitrogens with one attached hydrogen (secondary N) is 2. The molecule has 7 nitrogen and oxygen atoms in total. The molecular weight excluding hydrogens is 515 g/mol. The molecule has 2 fully saturated rings. The fourth-order valence-electron chi connectivity index (χ4n) is 4.35. The van der Waals surface area contributed by atoms with Gasteiger partial charge in [-0.2, -0.15) is 0 Å². The molecule has 3 atom stereocenters. The number of guanidine groups is 1. The van der Waals surface area contributed by atoms with Crippen molar-refractivity contribution in [3.05, 3.63) is 15.6 Å².